The minimum Gasteiger partial charge on any atom is -0.376 e. The van der Waals surface area contributed by atoms with Crippen molar-refractivity contribution in [2.24, 2.45) is 0 Å². The molecular formula is C21H29N3O3S. The molecule has 0 aliphatic rings. The third-order valence-corrected chi connectivity index (χ3v) is 6.73. The van der Waals surface area contributed by atoms with E-state index in [-0.39, 0.29) is 17.3 Å². The normalized spacial score (nSPS) is 11.5. The molecular weight excluding hydrogens is 374 g/mol. The maximum Gasteiger partial charge on any atom is 0.243 e. The summed E-state index contributed by atoms with van der Waals surface area (Å²) in [7, 11) is -3.46. The van der Waals surface area contributed by atoms with Gasteiger partial charge >= 0.3 is 0 Å². The number of amides is 1. The molecule has 0 atom stereocenters. The minimum absolute atomic E-state index is 0.123. The first-order valence-corrected chi connectivity index (χ1v) is 10.9. The van der Waals surface area contributed by atoms with E-state index in [1.807, 2.05) is 45.9 Å². The molecule has 0 saturated carbocycles. The number of hydrogen-bond acceptors (Lipinski definition) is 4. The lowest BCUT2D eigenvalue weighted by Gasteiger charge is -2.18. The van der Waals surface area contributed by atoms with Crippen LogP contribution in [0.3, 0.4) is 0 Å². The molecule has 1 amide bonds. The SMILES string of the molecule is CCN(CC)S(=O)(=O)c1ccc(CNC(=O)CNc2c(C)cccc2C)cc1. The van der Waals surface area contributed by atoms with Crippen LogP contribution in [-0.4, -0.2) is 38.3 Å². The lowest BCUT2D eigenvalue weighted by atomic mass is 10.1. The summed E-state index contributed by atoms with van der Waals surface area (Å²) in [5.74, 6) is -0.123. The van der Waals surface area contributed by atoms with Crippen molar-refractivity contribution in [2.75, 3.05) is 25.0 Å². The number of sulfonamides is 1. The molecule has 2 aromatic carbocycles. The molecule has 152 valence electrons. The van der Waals surface area contributed by atoms with Crippen molar-refractivity contribution in [3.05, 3.63) is 59.2 Å². The number of hydrogen-bond donors (Lipinski definition) is 2. The molecule has 0 aliphatic heterocycles. The average molecular weight is 404 g/mol. The molecule has 0 spiro atoms. The van der Waals surface area contributed by atoms with Gasteiger partial charge in [-0.2, -0.15) is 4.31 Å². The second-order valence-corrected chi connectivity index (χ2v) is 8.57. The van der Waals surface area contributed by atoms with Crippen LogP contribution in [0.15, 0.2) is 47.4 Å². The van der Waals surface area contributed by atoms with Gasteiger partial charge in [0.15, 0.2) is 0 Å². The topological polar surface area (TPSA) is 78.5 Å². The van der Waals surface area contributed by atoms with Gasteiger partial charge in [-0.15, -0.1) is 0 Å². The summed E-state index contributed by atoms with van der Waals surface area (Å²) in [4.78, 5) is 12.4. The Morgan fingerprint density at radius 2 is 1.54 bits per heavy atom. The van der Waals surface area contributed by atoms with E-state index in [2.05, 4.69) is 10.6 Å². The standard InChI is InChI=1S/C21H29N3O3S/c1-5-24(6-2)28(26,27)19-12-10-18(11-13-19)14-22-20(25)15-23-21-16(3)8-7-9-17(21)4/h7-13,23H,5-6,14-15H2,1-4H3,(H,22,25). The second kappa shape index (κ2) is 9.71. The summed E-state index contributed by atoms with van der Waals surface area (Å²) < 4.78 is 26.4. The highest BCUT2D eigenvalue weighted by atomic mass is 32.2. The van der Waals surface area contributed by atoms with E-state index in [4.69, 9.17) is 0 Å². The van der Waals surface area contributed by atoms with Gasteiger partial charge < -0.3 is 10.6 Å². The lowest BCUT2D eigenvalue weighted by Crippen LogP contribution is -2.31. The molecule has 28 heavy (non-hydrogen) atoms. The number of nitrogens with one attached hydrogen (secondary N) is 2. The van der Waals surface area contributed by atoms with E-state index in [1.54, 1.807) is 24.3 Å². The van der Waals surface area contributed by atoms with Gasteiger partial charge in [-0.05, 0) is 42.7 Å². The second-order valence-electron chi connectivity index (χ2n) is 6.63. The minimum atomic E-state index is -3.46. The van der Waals surface area contributed by atoms with Crippen LogP contribution in [0.25, 0.3) is 0 Å². The first kappa shape index (κ1) is 21.9. The van der Waals surface area contributed by atoms with Crippen molar-refractivity contribution in [3.8, 4) is 0 Å². The van der Waals surface area contributed by atoms with Crippen molar-refractivity contribution < 1.29 is 13.2 Å². The molecule has 0 saturated heterocycles. The van der Waals surface area contributed by atoms with Crippen molar-refractivity contribution >= 4 is 21.6 Å². The molecule has 0 fully saturated rings. The van der Waals surface area contributed by atoms with Crippen LogP contribution in [-0.2, 0) is 21.4 Å². The summed E-state index contributed by atoms with van der Waals surface area (Å²) in [6.07, 6.45) is 0. The van der Waals surface area contributed by atoms with E-state index in [9.17, 15) is 13.2 Å². The highest BCUT2D eigenvalue weighted by molar-refractivity contribution is 7.89. The fraction of sp³-hybridized carbons (Fsp3) is 0.381. The number of aryl methyl sites for hydroxylation is 2. The lowest BCUT2D eigenvalue weighted by molar-refractivity contribution is -0.119. The third-order valence-electron chi connectivity index (χ3n) is 4.66. The number of rotatable bonds is 9. The predicted octanol–water partition coefficient (Wildman–Crippen LogP) is 3.06. The molecule has 0 heterocycles. The number of nitrogens with zero attached hydrogens (tertiary/aromatic N) is 1. The number of anilines is 1. The predicted molar refractivity (Wildman–Crippen MR) is 113 cm³/mol. The maximum atomic E-state index is 12.5. The van der Waals surface area contributed by atoms with E-state index in [0.29, 0.717) is 19.6 Å². The maximum absolute atomic E-state index is 12.5. The summed E-state index contributed by atoms with van der Waals surface area (Å²) in [6, 6.07) is 12.6. The molecule has 6 nitrogen and oxygen atoms in total. The van der Waals surface area contributed by atoms with Crippen LogP contribution in [0.2, 0.25) is 0 Å². The van der Waals surface area contributed by atoms with Crippen LogP contribution < -0.4 is 10.6 Å². The Balaban J connectivity index is 1.92. The quantitative estimate of drug-likeness (QED) is 0.674. The Hall–Kier alpha value is -2.38. The highest BCUT2D eigenvalue weighted by Gasteiger charge is 2.21. The summed E-state index contributed by atoms with van der Waals surface area (Å²) in [6.45, 7) is 9.03. The Labute approximate surface area is 168 Å². The number of carbonyl (C=O) groups excluding carboxylic acids is 1. The van der Waals surface area contributed by atoms with E-state index in [0.717, 1.165) is 22.4 Å². The van der Waals surface area contributed by atoms with Crippen molar-refractivity contribution in [1.29, 1.82) is 0 Å². The van der Waals surface area contributed by atoms with Gasteiger partial charge in [-0.1, -0.05) is 44.2 Å². The molecule has 0 unspecified atom stereocenters. The fourth-order valence-corrected chi connectivity index (χ4v) is 4.47. The number of carbonyl (C=O) groups is 1. The molecule has 0 aliphatic carbocycles. The number of benzene rings is 2. The van der Waals surface area contributed by atoms with E-state index < -0.39 is 10.0 Å². The van der Waals surface area contributed by atoms with Crippen LogP contribution in [0.5, 0.6) is 0 Å². The van der Waals surface area contributed by atoms with Crippen LogP contribution in [0.1, 0.15) is 30.5 Å². The Morgan fingerprint density at radius 1 is 0.964 bits per heavy atom. The van der Waals surface area contributed by atoms with Crippen molar-refractivity contribution in [3.63, 3.8) is 0 Å². The smallest absolute Gasteiger partial charge is 0.243 e. The molecule has 2 N–H and O–H groups in total. The fourth-order valence-electron chi connectivity index (χ4n) is 3.02. The van der Waals surface area contributed by atoms with Crippen LogP contribution in [0, 0.1) is 13.8 Å². The van der Waals surface area contributed by atoms with Gasteiger partial charge in [0.1, 0.15) is 0 Å². The van der Waals surface area contributed by atoms with E-state index >= 15 is 0 Å². The summed E-state index contributed by atoms with van der Waals surface area (Å²) in [5, 5.41) is 6.02. The van der Waals surface area contributed by atoms with E-state index in [1.165, 1.54) is 4.31 Å². The Kier molecular flexibility index (Phi) is 7.60. The van der Waals surface area contributed by atoms with Gasteiger partial charge in [0, 0.05) is 25.3 Å². The van der Waals surface area contributed by atoms with Crippen LogP contribution >= 0.6 is 0 Å². The van der Waals surface area contributed by atoms with Gasteiger partial charge in [-0.3, -0.25) is 4.79 Å². The van der Waals surface area contributed by atoms with Gasteiger partial charge in [-0.25, -0.2) is 8.42 Å². The zero-order chi connectivity index (χ0) is 20.7. The first-order valence-electron chi connectivity index (χ1n) is 9.45. The summed E-state index contributed by atoms with van der Waals surface area (Å²) >= 11 is 0. The third kappa shape index (κ3) is 5.33. The molecule has 2 aromatic rings. The Morgan fingerprint density at radius 3 is 2.07 bits per heavy atom. The monoisotopic (exact) mass is 403 g/mol. The van der Waals surface area contributed by atoms with Gasteiger partial charge in [0.25, 0.3) is 0 Å². The Bertz CT molecular complexity index is 885. The van der Waals surface area contributed by atoms with Gasteiger partial charge in [0.2, 0.25) is 15.9 Å². The van der Waals surface area contributed by atoms with Crippen molar-refractivity contribution in [1.82, 2.24) is 9.62 Å². The summed E-state index contributed by atoms with van der Waals surface area (Å²) in [5.41, 5.74) is 4.01. The van der Waals surface area contributed by atoms with Gasteiger partial charge in [0.05, 0.1) is 11.4 Å². The van der Waals surface area contributed by atoms with Crippen molar-refractivity contribution in [2.45, 2.75) is 39.1 Å². The zero-order valence-corrected chi connectivity index (χ0v) is 17.8. The molecule has 0 aromatic heterocycles. The zero-order valence-electron chi connectivity index (χ0n) is 17.0. The molecule has 7 heteroatoms. The molecule has 0 bridgehead atoms. The number of para-hydroxylation sites is 1. The molecule has 0 radical (unpaired) electrons. The van der Waals surface area contributed by atoms with Crippen LogP contribution in [0.4, 0.5) is 5.69 Å². The highest BCUT2D eigenvalue weighted by Crippen LogP contribution is 2.19. The first-order chi connectivity index (χ1) is 13.3. The average Bonchev–Trinajstić information content (AvgIpc) is 2.67. The molecule has 2 rings (SSSR count). The largest absolute Gasteiger partial charge is 0.376 e.